The second-order valence-corrected chi connectivity index (χ2v) is 8.53. The molecule has 0 saturated carbocycles. The number of aliphatic imine (C=N–C) groups is 1. The number of nitrogens with zero attached hydrogens (tertiary/aromatic N) is 1. The van der Waals surface area contributed by atoms with Crippen LogP contribution in [0.4, 0.5) is 0 Å². The molecule has 2 aromatic rings. The molecule has 2 aromatic carbocycles. The van der Waals surface area contributed by atoms with Crippen molar-refractivity contribution in [2.45, 2.75) is 59.1 Å². The molecule has 0 radical (unpaired) electrons. The maximum atomic E-state index is 12.5. The highest BCUT2D eigenvalue weighted by atomic mass is 16.5. The fourth-order valence-corrected chi connectivity index (χ4v) is 3.96. The summed E-state index contributed by atoms with van der Waals surface area (Å²) in [7, 11) is 0. The standard InChI is InChI=1S/C24H32N4O3/c1-14-15(2)21-19(16(3)20(14)29)9-10-24(4,31-21)11-12-27-22(30)18-7-5-17(6-8-18)13-28-23(25)26/h5-8,29H,9-13H2,1-4H3,(H,27,30)(H4,25,26,28). The molecule has 0 fully saturated rings. The third kappa shape index (κ3) is 4.93. The average molecular weight is 425 g/mol. The highest BCUT2D eigenvalue weighted by molar-refractivity contribution is 5.94. The Kier molecular flexibility index (Phi) is 6.43. The van der Waals surface area contributed by atoms with Crippen molar-refractivity contribution in [3.63, 3.8) is 0 Å². The highest BCUT2D eigenvalue weighted by Crippen LogP contribution is 2.43. The Morgan fingerprint density at radius 1 is 1.16 bits per heavy atom. The van der Waals surface area contributed by atoms with E-state index < -0.39 is 0 Å². The van der Waals surface area contributed by atoms with Crippen LogP contribution in [0.1, 0.15) is 57.9 Å². The molecule has 0 aromatic heterocycles. The number of nitrogens with two attached hydrogens (primary N) is 2. The van der Waals surface area contributed by atoms with Crippen LogP contribution in [0.15, 0.2) is 29.3 Å². The molecule has 166 valence electrons. The molecular weight excluding hydrogens is 392 g/mol. The first-order valence-corrected chi connectivity index (χ1v) is 10.5. The van der Waals surface area contributed by atoms with Crippen LogP contribution in [0, 0.1) is 20.8 Å². The number of rotatable bonds is 6. The summed E-state index contributed by atoms with van der Waals surface area (Å²) in [4.78, 5) is 16.5. The van der Waals surface area contributed by atoms with Gasteiger partial charge in [0.25, 0.3) is 5.91 Å². The number of fused-ring (bicyclic) bond motifs is 1. The van der Waals surface area contributed by atoms with E-state index in [1.54, 1.807) is 12.1 Å². The van der Waals surface area contributed by atoms with Crippen LogP contribution in [0.2, 0.25) is 0 Å². The molecule has 1 heterocycles. The second kappa shape index (κ2) is 8.88. The number of ether oxygens (including phenoxy) is 1. The van der Waals surface area contributed by atoms with Crippen LogP contribution in [0.25, 0.3) is 0 Å². The number of hydrogen-bond donors (Lipinski definition) is 4. The number of hydrogen-bond acceptors (Lipinski definition) is 4. The number of carbonyl (C=O) groups excluding carboxylic acids is 1. The van der Waals surface area contributed by atoms with Crippen molar-refractivity contribution in [3.8, 4) is 11.5 Å². The summed E-state index contributed by atoms with van der Waals surface area (Å²) in [5.74, 6) is 1.16. The Morgan fingerprint density at radius 2 is 1.84 bits per heavy atom. The van der Waals surface area contributed by atoms with Crippen molar-refractivity contribution < 1.29 is 14.6 Å². The maximum Gasteiger partial charge on any atom is 0.251 e. The summed E-state index contributed by atoms with van der Waals surface area (Å²) in [6, 6.07) is 7.21. The number of phenols is 1. The Balaban J connectivity index is 1.60. The van der Waals surface area contributed by atoms with Gasteiger partial charge in [0, 0.05) is 24.1 Å². The lowest BCUT2D eigenvalue weighted by atomic mass is 9.85. The van der Waals surface area contributed by atoms with Gasteiger partial charge in [-0.05, 0) is 74.9 Å². The minimum atomic E-state index is -0.370. The Labute approximate surface area is 183 Å². The fourth-order valence-electron chi connectivity index (χ4n) is 3.96. The van der Waals surface area contributed by atoms with Gasteiger partial charge in [0.1, 0.15) is 17.1 Å². The van der Waals surface area contributed by atoms with Gasteiger partial charge in [0.15, 0.2) is 5.96 Å². The van der Waals surface area contributed by atoms with Gasteiger partial charge in [-0.15, -0.1) is 0 Å². The van der Waals surface area contributed by atoms with E-state index in [0.29, 0.717) is 30.8 Å². The minimum absolute atomic E-state index is 0.0418. The zero-order valence-corrected chi connectivity index (χ0v) is 18.7. The van der Waals surface area contributed by atoms with Crippen molar-refractivity contribution in [2.75, 3.05) is 6.54 Å². The number of phenolic OH excluding ortho intramolecular Hbond substituents is 1. The summed E-state index contributed by atoms with van der Waals surface area (Å²) in [5.41, 5.74) is 15.7. The molecule has 1 aliphatic heterocycles. The summed E-state index contributed by atoms with van der Waals surface area (Å²) >= 11 is 0. The third-order valence-electron chi connectivity index (χ3n) is 6.19. The van der Waals surface area contributed by atoms with E-state index in [4.69, 9.17) is 16.2 Å². The molecule has 0 spiro atoms. The van der Waals surface area contributed by atoms with Gasteiger partial charge in [-0.3, -0.25) is 4.79 Å². The summed E-state index contributed by atoms with van der Waals surface area (Å²) < 4.78 is 6.42. The maximum absolute atomic E-state index is 12.5. The Bertz CT molecular complexity index is 1010. The van der Waals surface area contributed by atoms with Gasteiger partial charge < -0.3 is 26.6 Å². The van der Waals surface area contributed by atoms with Gasteiger partial charge >= 0.3 is 0 Å². The van der Waals surface area contributed by atoms with Crippen LogP contribution in [-0.4, -0.2) is 29.1 Å². The van der Waals surface area contributed by atoms with E-state index in [1.165, 1.54) is 0 Å². The molecule has 6 N–H and O–H groups in total. The first-order chi connectivity index (χ1) is 14.6. The molecule has 1 amide bonds. The first kappa shape index (κ1) is 22.5. The highest BCUT2D eigenvalue weighted by Gasteiger charge is 2.34. The number of amides is 1. The van der Waals surface area contributed by atoms with E-state index in [-0.39, 0.29) is 17.5 Å². The fraction of sp³-hybridized carbons (Fsp3) is 0.417. The smallest absolute Gasteiger partial charge is 0.251 e. The lowest BCUT2D eigenvalue weighted by Crippen LogP contribution is -2.40. The van der Waals surface area contributed by atoms with E-state index in [0.717, 1.165) is 46.4 Å². The predicted molar refractivity (Wildman–Crippen MR) is 123 cm³/mol. The topological polar surface area (TPSA) is 123 Å². The molecular formula is C24H32N4O3. The normalized spacial score (nSPS) is 17.4. The summed E-state index contributed by atoms with van der Waals surface area (Å²) in [6.07, 6.45) is 2.37. The number of guanidine groups is 1. The molecule has 1 aliphatic rings. The lowest BCUT2D eigenvalue weighted by Gasteiger charge is -2.38. The van der Waals surface area contributed by atoms with E-state index >= 15 is 0 Å². The molecule has 1 unspecified atom stereocenters. The zero-order valence-electron chi connectivity index (χ0n) is 18.7. The van der Waals surface area contributed by atoms with E-state index in [1.807, 2.05) is 32.9 Å². The van der Waals surface area contributed by atoms with Crippen molar-refractivity contribution >= 4 is 11.9 Å². The molecule has 1 atom stereocenters. The molecule has 0 bridgehead atoms. The number of aromatic hydroxyl groups is 1. The first-order valence-electron chi connectivity index (χ1n) is 10.5. The number of nitrogens with one attached hydrogen (secondary N) is 1. The number of carbonyl (C=O) groups is 1. The van der Waals surface area contributed by atoms with Gasteiger partial charge in [-0.1, -0.05) is 12.1 Å². The average Bonchev–Trinajstić information content (AvgIpc) is 2.75. The van der Waals surface area contributed by atoms with Crippen LogP contribution in [-0.2, 0) is 13.0 Å². The molecule has 3 rings (SSSR count). The van der Waals surface area contributed by atoms with Gasteiger partial charge in [0.2, 0.25) is 0 Å². The number of benzene rings is 2. The zero-order chi connectivity index (χ0) is 22.8. The minimum Gasteiger partial charge on any atom is -0.507 e. The van der Waals surface area contributed by atoms with Crippen molar-refractivity contribution in [2.24, 2.45) is 16.5 Å². The largest absolute Gasteiger partial charge is 0.507 e. The van der Waals surface area contributed by atoms with Crippen LogP contribution < -0.4 is 21.5 Å². The van der Waals surface area contributed by atoms with Gasteiger partial charge in [-0.25, -0.2) is 4.99 Å². The third-order valence-corrected chi connectivity index (χ3v) is 6.19. The van der Waals surface area contributed by atoms with Crippen molar-refractivity contribution in [3.05, 3.63) is 57.6 Å². The van der Waals surface area contributed by atoms with E-state index in [9.17, 15) is 9.90 Å². The summed E-state index contributed by atoms with van der Waals surface area (Å²) in [5, 5.41) is 13.3. The van der Waals surface area contributed by atoms with Gasteiger partial charge in [-0.2, -0.15) is 0 Å². The molecule has 0 saturated heterocycles. The van der Waals surface area contributed by atoms with E-state index in [2.05, 4.69) is 17.2 Å². The molecule has 7 heteroatoms. The van der Waals surface area contributed by atoms with Crippen molar-refractivity contribution in [1.29, 1.82) is 0 Å². The monoisotopic (exact) mass is 424 g/mol. The van der Waals surface area contributed by atoms with Crippen molar-refractivity contribution in [1.82, 2.24) is 5.32 Å². The molecule has 7 nitrogen and oxygen atoms in total. The lowest BCUT2D eigenvalue weighted by molar-refractivity contribution is 0.0543. The van der Waals surface area contributed by atoms with Gasteiger partial charge in [0.05, 0.1) is 6.54 Å². The quantitative estimate of drug-likeness (QED) is 0.419. The predicted octanol–water partition coefficient (Wildman–Crippen LogP) is 2.99. The molecule has 31 heavy (non-hydrogen) atoms. The van der Waals surface area contributed by atoms with Crippen LogP contribution in [0.5, 0.6) is 11.5 Å². The Morgan fingerprint density at radius 3 is 2.48 bits per heavy atom. The molecule has 0 aliphatic carbocycles. The van der Waals surface area contributed by atoms with Crippen LogP contribution >= 0.6 is 0 Å². The second-order valence-electron chi connectivity index (χ2n) is 8.53. The SMILES string of the molecule is Cc1c(C)c2c(c(C)c1O)CCC(C)(CCNC(=O)c1ccc(CN=C(N)N)cc1)O2. The van der Waals surface area contributed by atoms with Crippen LogP contribution in [0.3, 0.4) is 0 Å². The summed E-state index contributed by atoms with van der Waals surface area (Å²) in [6.45, 7) is 8.81. The Hall–Kier alpha value is -3.22.